The van der Waals surface area contributed by atoms with Crippen LogP contribution in [0, 0.1) is 5.92 Å². The zero-order chi connectivity index (χ0) is 16.8. The number of carbonyl (C=O) groups is 2. The number of hydrogen-bond acceptors (Lipinski definition) is 3. The standard InChI is InChI=1S/C18H27N3O2.ClH/c1-4-21(14(3)22)12-16-7-5-6-8-17(16)20-18(23)15-9-10-19-13(2)11-15;/h5-8,13,15,19H,4,9-12H2,1-3H3,(H,20,23);1H/t13-,15-;/m0./s1. The number of piperidine rings is 1. The molecule has 24 heavy (non-hydrogen) atoms. The molecule has 5 nitrogen and oxygen atoms in total. The van der Waals surface area contributed by atoms with E-state index < -0.39 is 0 Å². The third-order valence-corrected chi connectivity index (χ3v) is 4.46. The third-order valence-electron chi connectivity index (χ3n) is 4.46. The van der Waals surface area contributed by atoms with E-state index in [1.165, 1.54) is 0 Å². The van der Waals surface area contributed by atoms with Crippen LogP contribution >= 0.6 is 12.4 Å². The molecule has 1 aliphatic rings. The summed E-state index contributed by atoms with van der Waals surface area (Å²) >= 11 is 0. The van der Waals surface area contributed by atoms with Gasteiger partial charge in [0.15, 0.2) is 0 Å². The molecule has 0 spiro atoms. The van der Waals surface area contributed by atoms with Crippen LogP contribution in [0.25, 0.3) is 0 Å². The topological polar surface area (TPSA) is 61.4 Å². The second-order valence-corrected chi connectivity index (χ2v) is 6.26. The van der Waals surface area contributed by atoms with Crippen molar-refractivity contribution in [3.05, 3.63) is 29.8 Å². The number of nitrogens with zero attached hydrogens (tertiary/aromatic N) is 1. The maximum atomic E-state index is 12.5. The summed E-state index contributed by atoms with van der Waals surface area (Å²) in [6.07, 6.45) is 1.73. The highest BCUT2D eigenvalue weighted by Crippen LogP contribution is 2.22. The fourth-order valence-electron chi connectivity index (χ4n) is 3.04. The average Bonchev–Trinajstić information content (AvgIpc) is 2.53. The molecule has 1 saturated heterocycles. The number of benzene rings is 1. The van der Waals surface area contributed by atoms with Crippen LogP contribution in [0.5, 0.6) is 0 Å². The van der Waals surface area contributed by atoms with Gasteiger partial charge in [-0.25, -0.2) is 0 Å². The molecular formula is C18H28ClN3O2. The first-order chi connectivity index (χ1) is 11.0. The van der Waals surface area contributed by atoms with Crippen molar-refractivity contribution in [1.82, 2.24) is 10.2 Å². The lowest BCUT2D eigenvalue weighted by Gasteiger charge is -2.27. The molecule has 1 aliphatic heterocycles. The van der Waals surface area contributed by atoms with Gasteiger partial charge in [-0.2, -0.15) is 0 Å². The number of rotatable bonds is 5. The molecule has 1 aromatic rings. The average molecular weight is 354 g/mol. The van der Waals surface area contributed by atoms with Crippen LogP contribution in [-0.2, 0) is 16.1 Å². The van der Waals surface area contributed by atoms with E-state index in [-0.39, 0.29) is 30.1 Å². The maximum absolute atomic E-state index is 12.5. The molecular weight excluding hydrogens is 326 g/mol. The van der Waals surface area contributed by atoms with E-state index in [1.807, 2.05) is 31.2 Å². The summed E-state index contributed by atoms with van der Waals surface area (Å²) in [5.74, 6) is 0.173. The van der Waals surface area contributed by atoms with Crippen molar-refractivity contribution in [3.8, 4) is 0 Å². The Bertz CT molecular complexity index is 565. The van der Waals surface area contributed by atoms with Crippen molar-refractivity contribution in [2.24, 2.45) is 5.92 Å². The summed E-state index contributed by atoms with van der Waals surface area (Å²) in [5.41, 5.74) is 1.78. The van der Waals surface area contributed by atoms with E-state index in [4.69, 9.17) is 0 Å². The van der Waals surface area contributed by atoms with Gasteiger partial charge in [0.25, 0.3) is 0 Å². The lowest BCUT2D eigenvalue weighted by Crippen LogP contribution is -2.40. The van der Waals surface area contributed by atoms with Crippen LogP contribution in [0.3, 0.4) is 0 Å². The predicted molar refractivity (Wildman–Crippen MR) is 99.3 cm³/mol. The van der Waals surface area contributed by atoms with E-state index in [1.54, 1.807) is 11.8 Å². The first kappa shape index (κ1) is 20.5. The van der Waals surface area contributed by atoms with Gasteiger partial charge >= 0.3 is 0 Å². The van der Waals surface area contributed by atoms with E-state index in [0.717, 1.165) is 30.6 Å². The zero-order valence-electron chi connectivity index (χ0n) is 14.7. The Hall–Kier alpha value is -1.59. The molecule has 1 aromatic carbocycles. The monoisotopic (exact) mass is 353 g/mol. The lowest BCUT2D eigenvalue weighted by atomic mass is 9.92. The summed E-state index contributed by atoms with van der Waals surface area (Å²) in [7, 11) is 0. The van der Waals surface area contributed by atoms with E-state index >= 15 is 0 Å². The summed E-state index contributed by atoms with van der Waals surface area (Å²) in [6, 6.07) is 8.10. The smallest absolute Gasteiger partial charge is 0.227 e. The highest BCUT2D eigenvalue weighted by Gasteiger charge is 2.25. The van der Waals surface area contributed by atoms with Crippen molar-refractivity contribution in [1.29, 1.82) is 0 Å². The molecule has 6 heteroatoms. The quantitative estimate of drug-likeness (QED) is 0.855. The van der Waals surface area contributed by atoms with Crippen LogP contribution in [0.1, 0.15) is 39.2 Å². The Labute approximate surface area is 150 Å². The van der Waals surface area contributed by atoms with Gasteiger partial charge in [-0.15, -0.1) is 12.4 Å². The fourth-order valence-corrected chi connectivity index (χ4v) is 3.04. The van der Waals surface area contributed by atoms with Gasteiger partial charge in [-0.3, -0.25) is 9.59 Å². The SMILES string of the molecule is CCN(Cc1ccccc1NC(=O)[C@H]1CCN[C@@H](C)C1)C(C)=O.Cl. The Morgan fingerprint density at radius 2 is 2.04 bits per heavy atom. The summed E-state index contributed by atoms with van der Waals surface area (Å²) in [5, 5.41) is 6.43. The lowest BCUT2D eigenvalue weighted by molar-refractivity contribution is -0.129. The molecule has 2 atom stereocenters. The summed E-state index contributed by atoms with van der Waals surface area (Å²) in [4.78, 5) is 25.9. The molecule has 0 radical (unpaired) electrons. The van der Waals surface area contributed by atoms with Gasteiger partial charge in [0.05, 0.1) is 0 Å². The van der Waals surface area contributed by atoms with Gasteiger partial charge < -0.3 is 15.5 Å². The number of carbonyl (C=O) groups excluding carboxylic acids is 2. The van der Waals surface area contributed by atoms with Crippen molar-refractivity contribution < 1.29 is 9.59 Å². The van der Waals surface area contributed by atoms with Gasteiger partial charge in [-0.1, -0.05) is 18.2 Å². The number of hydrogen-bond donors (Lipinski definition) is 2. The van der Waals surface area contributed by atoms with Crippen LogP contribution in [0.15, 0.2) is 24.3 Å². The Kier molecular flexibility index (Phi) is 8.22. The first-order valence-corrected chi connectivity index (χ1v) is 8.39. The third kappa shape index (κ3) is 5.49. The zero-order valence-corrected chi connectivity index (χ0v) is 15.5. The van der Waals surface area contributed by atoms with Crippen LogP contribution in [0.4, 0.5) is 5.69 Å². The van der Waals surface area contributed by atoms with Gasteiger partial charge in [0.2, 0.25) is 11.8 Å². The second-order valence-electron chi connectivity index (χ2n) is 6.26. The number of anilines is 1. The molecule has 2 amide bonds. The minimum absolute atomic E-state index is 0. The Balaban J connectivity index is 0.00000288. The van der Waals surface area contributed by atoms with Crippen LogP contribution < -0.4 is 10.6 Å². The summed E-state index contributed by atoms with van der Waals surface area (Å²) < 4.78 is 0. The van der Waals surface area contributed by atoms with Crippen molar-refractivity contribution >= 4 is 29.9 Å². The van der Waals surface area contributed by atoms with E-state index in [9.17, 15) is 9.59 Å². The minimum Gasteiger partial charge on any atom is -0.339 e. The second kappa shape index (κ2) is 9.64. The normalized spacial score (nSPS) is 20.0. The number of halogens is 1. The number of nitrogens with one attached hydrogen (secondary N) is 2. The summed E-state index contributed by atoms with van der Waals surface area (Å²) in [6.45, 7) is 7.70. The molecule has 1 heterocycles. The van der Waals surface area contributed by atoms with Crippen molar-refractivity contribution in [2.45, 2.75) is 46.2 Å². The van der Waals surface area contributed by atoms with Gasteiger partial charge in [0, 0.05) is 37.7 Å². The molecule has 0 aliphatic carbocycles. The Morgan fingerprint density at radius 1 is 1.33 bits per heavy atom. The van der Waals surface area contributed by atoms with Gasteiger partial charge in [0.1, 0.15) is 0 Å². The van der Waals surface area contributed by atoms with Crippen molar-refractivity contribution in [3.63, 3.8) is 0 Å². The fraction of sp³-hybridized carbons (Fsp3) is 0.556. The number of para-hydroxylation sites is 1. The molecule has 0 saturated carbocycles. The molecule has 0 bridgehead atoms. The van der Waals surface area contributed by atoms with E-state index in [0.29, 0.717) is 19.1 Å². The Morgan fingerprint density at radius 3 is 2.67 bits per heavy atom. The molecule has 134 valence electrons. The maximum Gasteiger partial charge on any atom is 0.227 e. The highest BCUT2D eigenvalue weighted by molar-refractivity contribution is 5.93. The molecule has 2 rings (SSSR count). The molecule has 1 fully saturated rings. The van der Waals surface area contributed by atoms with E-state index in [2.05, 4.69) is 17.6 Å². The van der Waals surface area contributed by atoms with Crippen LogP contribution in [0.2, 0.25) is 0 Å². The number of amides is 2. The predicted octanol–water partition coefficient (Wildman–Crippen LogP) is 2.80. The highest BCUT2D eigenvalue weighted by atomic mass is 35.5. The van der Waals surface area contributed by atoms with Gasteiger partial charge in [-0.05, 0) is 44.9 Å². The van der Waals surface area contributed by atoms with Crippen LogP contribution in [-0.4, -0.2) is 35.8 Å². The van der Waals surface area contributed by atoms with Crippen molar-refractivity contribution in [2.75, 3.05) is 18.4 Å². The molecule has 0 aromatic heterocycles. The first-order valence-electron chi connectivity index (χ1n) is 8.39. The largest absolute Gasteiger partial charge is 0.339 e. The molecule has 2 N–H and O–H groups in total. The molecule has 0 unspecified atom stereocenters. The minimum atomic E-state index is 0.